The summed E-state index contributed by atoms with van der Waals surface area (Å²) in [5.41, 5.74) is 0.0690. The summed E-state index contributed by atoms with van der Waals surface area (Å²) < 4.78 is 42.1. The lowest BCUT2D eigenvalue weighted by Gasteiger charge is -2.21. The number of nitrogens with zero attached hydrogens (tertiary/aromatic N) is 1. The second-order valence-corrected chi connectivity index (χ2v) is 4.34. The van der Waals surface area contributed by atoms with Gasteiger partial charge in [0.2, 0.25) is 0 Å². The maximum Gasteiger partial charge on any atom is 0.493 e. The summed E-state index contributed by atoms with van der Waals surface area (Å²) >= 11 is 0. The number of rotatable bonds is 6. The molecule has 23 heavy (non-hydrogen) atoms. The molecule has 0 bridgehead atoms. The Morgan fingerprint density at radius 2 is 1.83 bits per heavy atom. The minimum absolute atomic E-state index is 0.0690. The van der Waals surface area contributed by atoms with Crippen molar-refractivity contribution >= 4 is 11.9 Å². The van der Waals surface area contributed by atoms with Crippen molar-refractivity contribution in [1.29, 1.82) is 0 Å². The molecule has 9 heteroatoms. The highest BCUT2D eigenvalue weighted by Crippen LogP contribution is 2.19. The fourth-order valence-corrected chi connectivity index (χ4v) is 1.56. The molecule has 0 aliphatic rings. The van der Waals surface area contributed by atoms with Crippen molar-refractivity contribution in [3.8, 4) is 5.75 Å². The van der Waals surface area contributed by atoms with E-state index in [1.807, 2.05) is 0 Å². The molecule has 1 aromatic carbocycles. The molecule has 1 rings (SSSR count). The molecular formula is C14H17F3N2O4. The molecule has 0 aliphatic carbocycles. The molecule has 0 atom stereocenters. The Bertz CT molecular complexity index is 532. The van der Waals surface area contributed by atoms with Gasteiger partial charge in [0.25, 0.3) is 5.91 Å². The summed E-state index contributed by atoms with van der Waals surface area (Å²) in [4.78, 5) is 27.3. The van der Waals surface area contributed by atoms with Gasteiger partial charge in [0.15, 0.2) is 0 Å². The van der Waals surface area contributed by atoms with Crippen LogP contribution in [-0.2, 0) is 9.63 Å². The van der Waals surface area contributed by atoms with Crippen LogP contribution in [0.15, 0.2) is 24.3 Å². The van der Waals surface area contributed by atoms with Crippen molar-refractivity contribution in [1.82, 2.24) is 10.4 Å². The van der Waals surface area contributed by atoms with Gasteiger partial charge in [-0.25, -0.2) is 4.79 Å². The number of likely N-dealkylation sites (N-methyl/N-ethyl adjacent to an activating group) is 1. The number of benzene rings is 1. The van der Waals surface area contributed by atoms with E-state index < -0.39 is 18.1 Å². The largest absolute Gasteiger partial charge is 0.494 e. The molecule has 0 radical (unpaired) electrons. The number of nitrogens with one attached hydrogen (secondary N) is 1. The fraction of sp³-hybridized carbons (Fsp3) is 0.429. The molecule has 0 heterocycles. The van der Waals surface area contributed by atoms with Gasteiger partial charge in [0.1, 0.15) is 5.75 Å². The van der Waals surface area contributed by atoms with Crippen LogP contribution in [0.4, 0.5) is 13.2 Å². The Balaban J connectivity index is 2.88. The van der Waals surface area contributed by atoms with Crippen molar-refractivity contribution in [2.45, 2.75) is 13.1 Å². The van der Waals surface area contributed by atoms with Crippen molar-refractivity contribution in [3.63, 3.8) is 0 Å². The highest BCUT2D eigenvalue weighted by Gasteiger charge is 2.43. The zero-order chi connectivity index (χ0) is 17.5. The molecule has 0 aromatic heterocycles. The first-order chi connectivity index (χ1) is 10.8. The van der Waals surface area contributed by atoms with E-state index in [9.17, 15) is 22.8 Å². The van der Waals surface area contributed by atoms with Crippen LogP contribution in [0.25, 0.3) is 0 Å². The van der Waals surface area contributed by atoms with Gasteiger partial charge in [0, 0.05) is 12.1 Å². The average molecular weight is 334 g/mol. The lowest BCUT2D eigenvalue weighted by Crippen LogP contribution is -2.41. The molecule has 0 saturated carbocycles. The number of hydrogen-bond acceptors (Lipinski definition) is 5. The van der Waals surface area contributed by atoms with Crippen LogP contribution in [0.2, 0.25) is 0 Å². The number of ether oxygens (including phenoxy) is 1. The third-order valence-electron chi connectivity index (χ3n) is 2.63. The number of carbonyl (C=O) groups is 2. The smallest absolute Gasteiger partial charge is 0.493 e. The molecule has 128 valence electrons. The minimum atomic E-state index is -5.18. The van der Waals surface area contributed by atoms with Crippen LogP contribution in [0.5, 0.6) is 5.75 Å². The topological polar surface area (TPSA) is 67.9 Å². The summed E-state index contributed by atoms with van der Waals surface area (Å²) in [6, 6.07) is 5.75. The van der Waals surface area contributed by atoms with Crippen LogP contribution in [0, 0.1) is 0 Å². The standard InChI is InChI=1S/C14H17F3N2O4/c1-3-22-11-6-4-10(5-7-11)12(20)19(9-8-18-2)23-13(21)14(15,16)17/h4-7,18H,3,8-9H2,1-2H3. The van der Waals surface area contributed by atoms with Crippen LogP contribution < -0.4 is 10.1 Å². The SMILES string of the molecule is CCOc1ccc(C(=O)N(CCNC)OC(=O)C(F)(F)F)cc1. The highest BCUT2D eigenvalue weighted by molar-refractivity contribution is 5.94. The Morgan fingerprint density at radius 1 is 1.22 bits per heavy atom. The lowest BCUT2D eigenvalue weighted by molar-refractivity contribution is -0.228. The molecule has 1 N–H and O–H groups in total. The Morgan fingerprint density at radius 3 is 2.30 bits per heavy atom. The van der Waals surface area contributed by atoms with Gasteiger partial charge >= 0.3 is 12.1 Å². The zero-order valence-electron chi connectivity index (χ0n) is 12.6. The highest BCUT2D eigenvalue weighted by atomic mass is 19.4. The number of amides is 1. The summed E-state index contributed by atoms with van der Waals surface area (Å²) in [6.07, 6.45) is -5.18. The van der Waals surface area contributed by atoms with Crippen molar-refractivity contribution in [2.75, 3.05) is 26.7 Å². The van der Waals surface area contributed by atoms with Crippen molar-refractivity contribution in [3.05, 3.63) is 29.8 Å². The molecular weight excluding hydrogens is 317 g/mol. The van der Waals surface area contributed by atoms with Gasteiger partial charge in [-0.1, -0.05) is 0 Å². The molecule has 0 fully saturated rings. The monoisotopic (exact) mass is 334 g/mol. The third kappa shape index (κ3) is 5.78. The zero-order valence-corrected chi connectivity index (χ0v) is 12.6. The van der Waals surface area contributed by atoms with Crippen molar-refractivity contribution < 1.29 is 32.3 Å². The van der Waals surface area contributed by atoms with Crippen molar-refractivity contribution in [2.24, 2.45) is 0 Å². The van der Waals surface area contributed by atoms with Gasteiger partial charge < -0.3 is 14.9 Å². The van der Waals surface area contributed by atoms with Gasteiger partial charge in [0.05, 0.1) is 13.2 Å². The first-order valence-electron chi connectivity index (χ1n) is 6.78. The summed E-state index contributed by atoms with van der Waals surface area (Å²) in [5, 5.41) is 3.03. The van der Waals surface area contributed by atoms with Gasteiger partial charge in [-0.2, -0.15) is 18.2 Å². The first-order valence-corrected chi connectivity index (χ1v) is 6.78. The van der Waals surface area contributed by atoms with E-state index in [-0.39, 0.29) is 18.7 Å². The fourth-order valence-electron chi connectivity index (χ4n) is 1.56. The number of carbonyl (C=O) groups excluding carboxylic acids is 2. The van der Waals surface area contributed by atoms with Gasteiger partial charge in [-0.3, -0.25) is 4.79 Å². The minimum Gasteiger partial charge on any atom is -0.494 e. The molecule has 0 aliphatic heterocycles. The lowest BCUT2D eigenvalue weighted by atomic mass is 10.2. The van der Waals surface area contributed by atoms with Crippen LogP contribution in [0.3, 0.4) is 0 Å². The summed E-state index contributed by atoms with van der Waals surface area (Å²) in [7, 11) is 1.55. The Kier molecular flexibility index (Phi) is 6.83. The molecule has 0 spiro atoms. The maximum atomic E-state index is 12.3. The molecule has 1 amide bonds. The van der Waals surface area contributed by atoms with Crippen LogP contribution in [0.1, 0.15) is 17.3 Å². The number of halogens is 3. The molecule has 1 aromatic rings. The maximum absolute atomic E-state index is 12.3. The average Bonchev–Trinajstić information content (AvgIpc) is 2.50. The van der Waals surface area contributed by atoms with E-state index in [2.05, 4.69) is 10.2 Å². The normalized spacial score (nSPS) is 11.0. The van der Waals surface area contributed by atoms with Crippen LogP contribution in [-0.4, -0.2) is 49.9 Å². The van der Waals surface area contributed by atoms with Gasteiger partial charge in [-0.05, 0) is 38.2 Å². The van der Waals surface area contributed by atoms with E-state index in [1.165, 1.54) is 24.3 Å². The van der Waals surface area contributed by atoms with E-state index in [4.69, 9.17) is 4.74 Å². The molecule has 0 unspecified atom stereocenters. The first kappa shape index (κ1) is 18.8. The van der Waals surface area contributed by atoms with Gasteiger partial charge in [-0.15, -0.1) is 0 Å². The summed E-state index contributed by atoms with van der Waals surface area (Å²) in [6.45, 7) is 2.14. The number of hydroxylamine groups is 2. The third-order valence-corrected chi connectivity index (χ3v) is 2.63. The van der Waals surface area contributed by atoms with E-state index >= 15 is 0 Å². The predicted molar refractivity (Wildman–Crippen MR) is 74.7 cm³/mol. The number of hydrogen-bond donors (Lipinski definition) is 1. The molecule has 0 saturated heterocycles. The van der Waals surface area contributed by atoms with E-state index in [1.54, 1.807) is 14.0 Å². The predicted octanol–water partition coefficient (Wildman–Crippen LogP) is 1.77. The second kappa shape index (κ2) is 8.37. The number of alkyl halides is 3. The van der Waals surface area contributed by atoms with E-state index in [0.717, 1.165) is 0 Å². The van der Waals surface area contributed by atoms with Crippen LogP contribution >= 0.6 is 0 Å². The van der Waals surface area contributed by atoms with E-state index in [0.29, 0.717) is 17.4 Å². The second-order valence-electron chi connectivity index (χ2n) is 4.34. The molecule has 6 nitrogen and oxygen atoms in total. The Hall–Kier alpha value is -2.29. The summed E-state index contributed by atoms with van der Waals surface area (Å²) in [5.74, 6) is -2.80. The quantitative estimate of drug-likeness (QED) is 0.803. The Labute approximate surface area is 131 Å².